The Morgan fingerprint density at radius 1 is 1.50 bits per heavy atom. The monoisotopic (exact) mass is 330 g/mol. The Hall–Kier alpha value is -1.67. The smallest absolute Gasteiger partial charge is 0.154 e. The molecule has 0 aromatic heterocycles. The molecule has 7 nitrogen and oxygen atoms in total. The first-order valence-electron chi connectivity index (χ1n) is 7.01. The molecule has 0 rings (SSSR count). The van der Waals surface area contributed by atoms with Crippen LogP contribution in [0.5, 0.6) is 0 Å². The van der Waals surface area contributed by atoms with Gasteiger partial charge in [-0.25, -0.2) is 4.21 Å². The molecular formula is C14H26N4O3S. The summed E-state index contributed by atoms with van der Waals surface area (Å²) in [5, 5.41) is 3.70. The second kappa shape index (κ2) is 11.9. The van der Waals surface area contributed by atoms with Crippen LogP contribution in [-0.4, -0.2) is 51.1 Å². The Kier molecular flexibility index (Phi) is 11.0. The minimum Gasteiger partial charge on any atom is -0.390 e. The number of hydrogen-bond acceptors (Lipinski definition) is 5. The lowest BCUT2D eigenvalue weighted by Gasteiger charge is -2.20. The summed E-state index contributed by atoms with van der Waals surface area (Å²) < 4.78 is 19.6. The summed E-state index contributed by atoms with van der Waals surface area (Å²) in [7, 11) is 0. The van der Waals surface area contributed by atoms with E-state index in [1.807, 2.05) is 24.9 Å². The van der Waals surface area contributed by atoms with Gasteiger partial charge in [-0.15, -0.1) is 0 Å². The predicted octanol–water partition coefficient (Wildman–Crippen LogP) is 1.72. The van der Waals surface area contributed by atoms with E-state index in [4.69, 9.17) is 15.1 Å². The Morgan fingerprint density at radius 3 is 2.68 bits per heavy atom. The van der Waals surface area contributed by atoms with Gasteiger partial charge in [0.15, 0.2) is 11.1 Å². The zero-order valence-electron chi connectivity index (χ0n) is 13.6. The first-order valence-corrected chi connectivity index (χ1v) is 8.28. The van der Waals surface area contributed by atoms with E-state index in [1.165, 1.54) is 6.34 Å². The van der Waals surface area contributed by atoms with Gasteiger partial charge in [-0.05, 0) is 39.3 Å². The van der Waals surface area contributed by atoms with E-state index in [-0.39, 0.29) is 11.8 Å². The second-order valence-electron chi connectivity index (χ2n) is 4.50. The van der Waals surface area contributed by atoms with Crippen molar-refractivity contribution in [3.8, 4) is 0 Å². The van der Waals surface area contributed by atoms with E-state index in [9.17, 15) is 4.21 Å². The lowest BCUT2D eigenvalue weighted by atomic mass is 10.1. The zero-order chi connectivity index (χ0) is 17.0. The number of allylic oxidation sites excluding steroid dienone is 1. The minimum absolute atomic E-state index is 0.200. The molecule has 0 aromatic carbocycles. The van der Waals surface area contributed by atoms with Crippen LogP contribution < -0.4 is 5.73 Å². The molecule has 0 aliphatic carbocycles. The molecule has 0 bridgehead atoms. The van der Waals surface area contributed by atoms with Gasteiger partial charge < -0.3 is 20.0 Å². The summed E-state index contributed by atoms with van der Waals surface area (Å²) in [5.41, 5.74) is 6.34. The lowest BCUT2D eigenvalue weighted by molar-refractivity contribution is 0.229. The molecule has 0 aliphatic rings. The molecule has 0 radical (unpaired) electrons. The van der Waals surface area contributed by atoms with E-state index in [0.717, 1.165) is 12.1 Å². The average molecular weight is 330 g/mol. The van der Waals surface area contributed by atoms with Gasteiger partial charge in [0.2, 0.25) is 0 Å². The highest BCUT2D eigenvalue weighted by molar-refractivity contribution is 7.79. The van der Waals surface area contributed by atoms with Crippen LogP contribution in [0.4, 0.5) is 0 Å². The second-order valence-corrected chi connectivity index (χ2v) is 5.55. The van der Waals surface area contributed by atoms with Crippen molar-refractivity contribution in [2.24, 2.45) is 15.9 Å². The number of hydrogen-bond donors (Lipinski definition) is 2. The van der Waals surface area contributed by atoms with Gasteiger partial charge in [-0.1, -0.05) is 5.16 Å². The molecule has 0 amide bonds. The van der Waals surface area contributed by atoms with Crippen LogP contribution >= 0.6 is 0 Å². The zero-order valence-corrected chi connectivity index (χ0v) is 14.4. The molecule has 0 fully saturated rings. The summed E-state index contributed by atoms with van der Waals surface area (Å²) in [5.74, 6) is 0.812. The number of rotatable bonds is 10. The summed E-state index contributed by atoms with van der Waals surface area (Å²) >= 11 is -1.80. The van der Waals surface area contributed by atoms with Crippen LogP contribution in [0.25, 0.3) is 0 Å². The van der Waals surface area contributed by atoms with Gasteiger partial charge in [-0.3, -0.25) is 4.99 Å². The number of nitrogens with two attached hydrogens (primary N) is 1. The number of nitrogens with zero attached hydrogens (tertiary/aromatic N) is 3. The first kappa shape index (κ1) is 20.3. The Labute approximate surface area is 134 Å². The van der Waals surface area contributed by atoms with Crippen LogP contribution in [-0.2, 0) is 15.9 Å². The topological polar surface area (TPSA) is 101 Å². The molecule has 0 saturated carbocycles. The van der Waals surface area contributed by atoms with Crippen molar-refractivity contribution in [2.75, 3.05) is 18.8 Å². The van der Waals surface area contributed by atoms with Gasteiger partial charge in [0.1, 0.15) is 5.76 Å². The van der Waals surface area contributed by atoms with Crippen LogP contribution in [0.2, 0.25) is 0 Å². The number of aliphatic imine (C=N–C) groups is 1. The molecule has 0 aliphatic heterocycles. The van der Waals surface area contributed by atoms with Gasteiger partial charge in [0.25, 0.3) is 0 Å². The fourth-order valence-electron chi connectivity index (χ4n) is 1.65. The van der Waals surface area contributed by atoms with E-state index in [1.54, 1.807) is 26.1 Å². The predicted molar refractivity (Wildman–Crippen MR) is 92.1 cm³/mol. The highest BCUT2D eigenvalue weighted by Gasteiger charge is 2.09. The molecule has 2 atom stereocenters. The third-order valence-corrected chi connectivity index (χ3v) is 3.29. The third-order valence-electron chi connectivity index (χ3n) is 2.75. The molecular weight excluding hydrogens is 304 g/mol. The van der Waals surface area contributed by atoms with Crippen LogP contribution in [0.1, 0.15) is 27.7 Å². The standard InChI is InChI=1S/C14H26N4O3S/c1-5-17-21-13(4)9-14(16-11-15)12(3)10-18(6-2)7-8-22(19)20/h5,9-11,14H,6-8H2,1-4H3,(H2,15,16)(H,19,20)/b12-10+,13-9+,17-5+. The molecule has 8 heteroatoms. The summed E-state index contributed by atoms with van der Waals surface area (Å²) in [6, 6.07) is -0.272. The fraction of sp³-hybridized carbons (Fsp3) is 0.571. The average Bonchev–Trinajstić information content (AvgIpc) is 2.48. The highest BCUT2D eigenvalue weighted by Crippen LogP contribution is 2.12. The van der Waals surface area contributed by atoms with E-state index in [2.05, 4.69) is 10.1 Å². The van der Waals surface area contributed by atoms with Gasteiger partial charge in [0.05, 0.1) is 18.1 Å². The summed E-state index contributed by atoms with van der Waals surface area (Å²) in [4.78, 5) is 11.3. The Bertz CT molecular complexity index is 461. The molecule has 0 saturated heterocycles. The maximum atomic E-state index is 10.8. The van der Waals surface area contributed by atoms with E-state index >= 15 is 0 Å². The van der Waals surface area contributed by atoms with Crippen molar-refractivity contribution >= 4 is 23.6 Å². The lowest BCUT2D eigenvalue weighted by Crippen LogP contribution is -2.24. The third kappa shape index (κ3) is 9.30. The fourth-order valence-corrected chi connectivity index (χ4v) is 2.04. The van der Waals surface area contributed by atoms with Crippen LogP contribution in [0.3, 0.4) is 0 Å². The normalized spacial score (nSPS) is 16.2. The van der Waals surface area contributed by atoms with Gasteiger partial charge in [-0.2, -0.15) is 0 Å². The first-order chi connectivity index (χ1) is 10.4. The van der Waals surface area contributed by atoms with Crippen molar-refractivity contribution in [1.29, 1.82) is 0 Å². The van der Waals surface area contributed by atoms with Crippen molar-refractivity contribution in [3.63, 3.8) is 0 Å². The SMILES string of the molecule is C/C=N/O/C(C)=C/C(N=CN)/C(C)=C/N(CC)CCS(=O)O. The molecule has 0 aromatic rings. The van der Waals surface area contributed by atoms with Gasteiger partial charge in [0, 0.05) is 25.5 Å². The number of oxime groups is 1. The van der Waals surface area contributed by atoms with Crippen molar-refractivity contribution in [1.82, 2.24) is 4.90 Å². The molecule has 0 spiro atoms. The molecule has 22 heavy (non-hydrogen) atoms. The maximum absolute atomic E-state index is 10.8. The molecule has 3 N–H and O–H groups in total. The van der Waals surface area contributed by atoms with Crippen LogP contribution in [0, 0.1) is 0 Å². The van der Waals surface area contributed by atoms with Crippen molar-refractivity contribution in [3.05, 3.63) is 23.6 Å². The molecule has 2 unspecified atom stereocenters. The Balaban J connectivity index is 5.05. The summed E-state index contributed by atoms with van der Waals surface area (Å²) in [6.07, 6.45) is 6.51. The van der Waals surface area contributed by atoms with Gasteiger partial charge >= 0.3 is 0 Å². The molecule has 0 heterocycles. The summed E-state index contributed by atoms with van der Waals surface area (Å²) in [6.45, 7) is 8.67. The highest BCUT2D eigenvalue weighted by atomic mass is 32.2. The molecule has 126 valence electrons. The Morgan fingerprint density at radius 2 is 2.18 bits per heavy atom. The van der Waals surface area contributed by atoms with Crippen LogP contribution in [0.15, 0.2) is 33.8 Å². The maximum Gasteiger partial charge on any atom is 0.154 e. The van der Waals surface area contributed by atoms with Crippen molar-refractivity contribution in [2.45, 2.75) is 33.7 Å². The van der Waals surface area contributed by atoms with E-state index in [0.29, 0.717) is 12.3 Å². The largest absolute Gasteiger partial charge is 0.390 e. The van der Waals surface area contributed by atoms with E-state index < -0.39 is 11.1 Å². The van der Waals surface area contributed by atoms with Crippen molar-refractivity contribution < 1.29 is 13.6 Å². The quantitative estimate of drug-likeness (QED) is 0.209. The minimum atomic E-state index is -1.80.